The van der Waals surface area contributed by atoms with Gasteiger partial charge in [0.15, 0.2) is 6.73 Å². The molecule has 2 aromatic carbocycles. The Balaban J connectivity index is 1.32. The Morgan fingerprint density at radius 1 is 1.06 bits per heavy atom. The normalized spacial score (nSPS) is 13.4. The van der Waals surface area contributed by atoms with Crippen molar-refractivity contribution in [3.05, 3.63) is 89.9 Å². The molecule has 1 aliphatic rings. The van der Waals surface area contributed by atoms with E-state index < -0.39 is 11.7 Å². The highest BCUT2D eigenvalue weighted by molar-refractivity contribution is 5.98. The first kappa shape index (κ1) is 22.5. The minimum Gasteiger partial charge on any atom is -0.472 e. The van der Waals surface area contributed by atoms with Crippen LogP contribution in [-0.2, 0) is 19.8 Å². The zero-order valence-corrected chi connectivity index (χ0v) is 18.5. The Morgan fingerprint density at radius 2 is 1.83 bits per heavy atom. The van der Waals surface area contributed by atoms with E-state index in [1.54, 1.807) is 47.4 Å². The molecule has 0 saturated heterocycles. The number of alkyl halides is 3. The number of hydrogen-bond acceptors (Lipinski definition) is 5. The second kappa shape index (κ2) is 8.79. The molecule has 0 saturated carbocycles. The van der Waals surface area contributed by atoms with Gasteiger partial charge in [0.05, 0.1) is 23.0 Å². The number of benzene rings is 2. The molecule has 2 aromatic heterocycles. The Hall–Kier alpha value is -4.34. The van der Waals surface area contributed by atoms with Crippen LogP contribution in [0.15, 0.2) is 73.2 Å². The van der Waals surface area contributed by atoms with Crippen LogP contribution in [0.4, 0.5) is 13.2 Å². The van der Waals surface area contributed by atoms with Gasteiger partial charge in [0.25, 0.3) is 5.91 Å². The fraction of sp³-hybridized carbons (Fsp3) is 0.160. The number of aromatic nitrogens is 3. The summed E-state index contributed by atoms with van der Waals surface area (Å²) in [5.41, 5.74) is 1.66. The van der Waals surface area contributed by atoms with E-state index in [-0.39, 0.29) is 19.2 Å². The maximum Gasteiger partial charge on any atom is 0.416 e. The summed E-state index contributed by atoms with van der Waals surface area (Å²) >= 11 is 0. The molecule has 7 nitrogen and oxygen atoms in total. The number of halogens is 3. The zero-order chi connectivity index (χ0) is 24.6. The van der Waals surface area contributed by atoms with E-state index in [2.05, 4.69) is 10.1 Å². The average Bonchev–Trinajstić information content (AvgIpc) is 3.27. The van der Waals surface area contributed by atoms with Crippen molar-refractivity contribution in [2.75, 3.05) is 6.73 Å². The van der Waals surface area contributed by atoms with Crippen LogP contribution >= 0.6 is 0 Å². The van der Waals surface area contributed by atoms with Crippen molar-refractivity contribution in [2.24, 2.45) is 7.05 Å². The van der Waals surface area contributed by atoms with Crippen molar-refractivity contribution in [2.45, 2.75) is 12.7 Å². The topological polar surface area (TPSA) is 69.5 Å². The summed E-state index contributed by atoms with van der Waals surface area (Å²) in [5.74, 6) is 1.07. The summed E-state index contributed by atoms with van der Waals surface area (Å²) in [7, 11) is 1.82. The number of aryl methyl sites for hydroxylation is 1. The first-order chi connectivity index (χ1) is 16.8. The molecule has 4 aromatic rings. The second-order valence-electron chi connectivity index (χ2n) is 8.01. The number of rotatable bonds is 5. The molecule has 5 rings (SSSR count). The van der Waals surface area contributed by atoms with Gasteiger partial charge in [-0.1, -0.05) is 12.1 Å². The molecule has 35 heavy (non-hydrogen) atoms. The predicted octanol–water partition coefficient (Wildman–Crippen LogP) is 5.29. The molecule has 0 radical (unpaired) electrons. The van der Waals surface area contributed by atoms with E-state index in [0.717, 1.165) is 17.7 Å². The molecule has 178 valence electrons. The predicted molar refractivity (Wildman–Crippen MR) is 120 cm³/mol. The molecule has 0 spiro atoms. The first-order valence-corrected chi connectivity index (χ1v) is 10.6. The summed E-state index contributed by atoms with van der Waals surface area (Å²) in [5, 5.41) is 4.15. The Morgan fingerprint density at radius 3 is 2.54 bits per heavy atom. The van der Waals surface area contributed by atoms with Crippen LogP contribution in [0.2, 0.25) is 0 Å². The highest BCUT2D eigenvalue weighted by Crippen LogP contribution is 2.33. The van der Waals surface area contributed by atoms with Gasteiger partial charge in [-0.2, -0.15) is 18.3 Å². The monoisotopic (exact) mass is 480 g/mol. The third-order valence-corrected chi connectivity index (χ3v) is 5.47. The van der Waals surface area contributed by atoms with Gasteiger partial charge in [-0.3, -0.25) is 14.5 Å². The Kier molecular flexibility index (Phi) is 5.64. The summed E-state index contributed by atoms with van der Waals surface area (Å²) in [6, 6.07) is 13.1. The maximum absolute atomic E-state index is 13.1. The summed E-state index contributed by atoms with van der Waals surface area (Å²) < 4.78 is 51.7. The number of ether oxygens (including phenoxy) is 2. The molecule has 3 heterocycles. The number of pyridine rings is 1. The van der Waals surface area contributed by atoms with Crippen LogP contribution in [0, 0.1) is 0 Å². The lowest BCUT2D eigenvalue weighted by Crippen LogP contribution is -2.38. The van der Waals surface area contributed by atoms with Crippen LogP contribution in [0.1, 0.15) is 21.5 Å². The van der Waals surface area contributed by atoms with Gasteiger partial charge >= 0.3 is 6.18 Å². The maximum atomic E-state index is 13.1. The lowest BCUT2D eigenvalue weighted by Gasteiger charge is -2.29. The standard InChI is InChI=1S/C25H19F3N4O3/c1-31-14-17(12-30-31)22-11-20(8-9-29-22)35-19-6-7-23-21(10-19)24(33)32(15-34-23)13-16-2-4-18(5-3-16)25(26,27)28/h2-12,14H,13,15H2,1H3. The van der Waals surface area contributed by atoms with Crippen molar-refractivity contribution < 1.29 is 27.4 Å². The van der Waals surface area contributed by atoms with Crippen molar-refractivity contribution in [3.8, 4) is 28.5 Å². The largest absolute Gasteiger partial charge is 0.472 e. The number of fused-ring (bicyclic) bond motifs is 1. The first-order valence-electron chi connectivity index (χ1n) is 10.6. The van der Waals surface area contributed by atoms with Crippen molar-refractivity contribution in [1.29, 1.82) is 0 Å². The van der Waals surface area contributed by atoms with Crippen molar-refractivity contribution >= 4 is 5.91 Å². The number of hydrogen-bond donors (Lipinski definition) is 0. The van der Waals surface area contributed by atoms with Crippen LogP contribution in [0.3, 0.4) is 0 Å². The van der Waals surface area contributed by atoms with Gasteiger partial charge < -0.3 is 14.4 Å². The molecule has 0 atom stereocenters. The van der Waals surface area contributed by atoms with Crippen LogP contribution in [0.5, 0.6) is 17.2 Å². The summed E-state index contributed by atoms with van der Waals surface area (Å²) in [6.45, 7) is 0.103. The molecule has 10 heteroatoms. The second-order valence-corrected chi connectivity index (χ2v) is 8.01. The van der Waals surface area contributed by atoms with E-state index in [4.69, 9.17) is 9.47 Å². The number of carbonyl (C=O) groups is 1. The fourth-order valence-electron chi connectivity index (χ4n) is 3.70. The van der Waals surface area contributed by atoms with Crippen LogP contribution in [0.25, 0.3) is 11.3 Å². The van der Waals surface area contributed by atoms with Gasteiger partial charge in [0.2, 0.25) is 0 Å². The van der Waals surface area contributed by atoms with Gasteiger partial charge in [-0.25, -0.2) is 0 Å². The van der Waals surface area contributed by atoms with Gasteiger partial charge in [0, 0.05) is 37.6 Å². The number of carbonyl (C=O) groups excluding carboxylic acids is 1. The summed E-state index contributed by atoms with van der Waals surface area (Å²) in [6.07, 6.45) is 0.750. The highest BCUT2D eigenvalue weighted by Gasteiger charge is 2.30. The lowest BCUT2D eigenvalue weighted by atomic mass is 10.1. The van der Waals surface area contributed by atoms with Crippen LogP contribution < -0.4 is 9.47 Å². The van der Waals surface area contributed by atoms with E-state index in [1.165, 1.54) is 17.0 Å². The molecular formula is C25H19F3N4O3. The van der Waals surface area contributed by atoms with Crippen molar-refractivity contribution in [1.82, 2.24) is 19.7 Å². The SMILES string of the molecule is Cn1cc(-c2cc(Oc3ccc4c(c3)C(=O)N(Cc3ccc(C(F)(F)F)cc3)CO4)ccn2)cn1. The third kappa shape index (κ3) is 4.81. The molecule has 0 fully saturated rings. The minimum absolute atomic E-state index is 0.00805. The summed E-state index contributed by atoms with van der Waals surface area (Å²) in [4.78, 5) is 18.8. The van der Waals surface area contributed by atoms with E-state index >= 15 is 0 Å². The molecule has 0 aliphatic carbocycles. The molecule has 0 unspecified atom stereocenters. The number of amides is 1. The fourth-order valence-corrected chi connectivity index (χ4v) is 3.70. The van der Waals surface area contributed by atoms with Gasteiger partial charge in [0.1, 0.15) is 17.2 Å². The highest BCUT2D eigenvalue weighted by atomic mass is 19.4. The number of nitrogens with zero attached hydrogens (tertiary/aromatic N) is 4. The molecule has 0 N–H and O–H groups in total. The van der Waals surface area contributed by atoms with Gasteiger partial charge in [-0.05, 0) is 42.0 Å². The van der Waals surface area contributed by atoms with Crippen molar-refractivity contribution in [3.63, 3.8) is 0 Å². The third-order valence-electron chi connectivity index (χ3n) is 5.47. The molecule has 1 aliphatic heterocycles. The zero-order valence-electron chi connectivity index (χ0n) is 18.5. The van der Waals surface area contributed by atoms with Crippen LogP contribution in [-0.4, -0.2) is 32.3 Å². The minimum atomic E-state index is -4.41. The Labute approximate surface area is 198 Å². The Bertz CT molecular complexity index is 1380. The van der Waals surface area contributed by atoms with E-state index in [1.807, 2.05) is 13.2 Å². The van der Waals surface area contributed by atoms with E-state index in [0.29, 0.717) is 34.1 Å². The molecule has 0 bridgehead atoms. The van der Waals surface area contributed by atoms with Gasteiger partial charge in [-0.15, -0.1) is 0 Å². The van der Waals surface area contributed by atoms with E-state index in [9.17, 15) is 18.0 Å². The lowest BCUT2D eigenvalue weighted by molar-refractivity contribution is -0.137. The molecule has 1 amide bonds. The average molecular weight is 480 g/mol. The smallest absolute Gasteiger partial charge is 0.416 e. The molecular weight excluding hydrogens is 461 g/mol. The quantitative estimate of drug-likeness (QED) is 0.389.